The fourth-order valence-corrected chi connectivity index (χ4v) is 5.31. The normalized spacial score (nSPS) is 14.0. The van der Waals surface area contributed by atoms with E-state index in [1.807, 2.05) is 18.7 Å². The average Bonchev–Trinajstić information content (AvgIpc) is 3.33. The molecule has 1 N–H and O–H groups in total. The molecule has 2 aromatic rings. The van der Waals surface area contributed by atoms with Crippen molar-refractivity contribution in [3.63, 3.8) is 0 Å². The predicted octanol–water partition coefficient (Wildman–Crippen LogP) is 3.52. The molecular formula is C24H31N3O4S. The summed E-state index contributed by atoms with van der Waals surface area (Å²) in [4.78, 5) is 27.0. The van der Waals surface area contributed by atoms with Gasteiger partial charge in [0.15, 0.2) is 0 Å². The molecule has 1 fully saturated rings. The van der Waals surface area contributed by atoms with Crippen LogP contribution < -0.4 is 5.32 Å². The molecule has 0 unspecified atom stereocenters. The fourth-order valence-electron chi connectivity index (χ4n) is 3.85. The van der Waals surface area contributed by atoms with E-state index >= 15 is 0 Å². The topological polar surface area (TPSA) is 86.8 Å². The Labute approximate surface area is 190 Å². The Morgan fingerprint density at radius 1 is 1.00 bits per heavy atom. The predicted molar refractivity (Wildman–Crippen MR) is 125 cm³/mol. The second-order valence-electron chi connectivity index (χ2n) is 7.86. The van der Waals surface area contributed by atoms with E-state index in [1.165, 1.54) is 4.31 Å². The third kappa shape index (κ3) is 5.75. The van der Waals surface area contributed by atoms with Gasteiger partial charge in [0.2, 0.25) is 15.9 Å². The van der Waals surface area contributed by atoms with Crippen LogP contribution in [0.4, 0.5) is 5.69 Å². The maximum absolute atomic E-state index is 12.6. The van der Waals surface area contributed by atoms with Gasteiger partial charge in [-0.1, -0.05) is 32.0 Å². The zero-order valence-corrected chi connectivity index (χ0v) is 19.5. The zero-order valence-electron chi connectivity index (χ0n) is 18.7. The smallest absolute Gasteiger partial charge is 0.253 e. The SMILES string of the molecule is CCN(CC)S(=O)(=O)c1ccc(CCC(=O)Nc2cccc(C(=O)N3CCCC3)c2)cc1. The molecule has 2 amide bonds. The quantitative estimate of drug-likeness (QED) is 0.624. The maximum atomic E-state index is 12.6. The van der Waals surface area contributed by atoms with E-state index in [9.17, 15) is 18.0 Å². The molecule has 1 aliphatic heterocycles. The Kier molecular flexibility index (Phi) is 8.04. The van der Waals surface area contributed by atoms with Gasteiger partial charge in [-0.2, -0.15) is 4.31 Å². The number of nitrogens with one attached hydrogen (secondary N) is 1. The van der Waals surface area contributed by atoms with Gasteiger partial charge in [-0.15, -0.1) is 0 Å². The van der Waals surface area contributed by atoms with Crippen LogP contribution in [-0.4, -0.2) is 55.6 Å². The van der Waals surface area contributed by atoms with Crippen LogP contribution in [-0.2, 0) is 21.2 Å². The Morgan fingerprint density at radius 2 is 1.66 bits per heavy atom. The first-order valence-electron chi connectivity index (χ1n) is 11.1. The standard InChI is InChI=1S/C24H31N3O4S/c1-3-27(4-2)32(30,31)22-13-10-19(11-14-22)12-15-23(28)25-21-9-7-8-20(18-21)24(29)26-16-5-6-17-26/h7-11,13-14,18H,3-6,12,15-17H2,1-2H3,(H,25,28). The summed E-state index contributed by atoms with van der Waals surface area (Å²) < 4.78 is 26.6. The van der Waals surface area contributed by atoms with Crippen molar-refractivity contribution in [3.05, 3.63) is 59.7 Å². The lowest BCUT2D eigenvalue weighted by atomic mass is 10.1. The summed E-state index contributed by atoms with van der Waals surface area (Å²) in [5.41, 5.74) is 2.06. The van der Waals surface area contributed by atoms with Crippen LogP contribution in [0.5, 0.6) is 0 Å². The maximum Gasteiger partial charge on any atom is 0.253 e. The van der Waals surface area contributed by atoms with Gasteiger partial charge in [0.05, 0.1) is 4.90 Å². The van der Waals surface area contributed by atoms with Crippen LogP contribution in [0, 0.1) is 0 Å². The summed E-state index contributed by atoms with van der Waals surface area (Å²) in [6, 6.07) is 13.7. The van der Waals surface area contributed by atoms with E-state index in [0.29, 0.717) is 30.8 Å². The molecule has 0 bridgehead atoms. The molecule has 0 atom stereocenters. The minimum Gasteiger partial charge on any atom is -0.339 e. The Bertz CT molecular complexity index is 1040. The van der Waals surface area contributed by atoms with Crippen LogP contribution in [0.1, 0.15) is 49.0 Å². The van der Waals surface area contributed by atoms with Crippen molar-refractivity contribution in [1.29, 1.82) is 0 Å². The monoisotopic (exact) mass is 457 g/mol. The van der Waals surface area contributed by atoms with Crippen molar-refractivity contribution >= 4 is 27.5 Å². The molecule has 0 radical (unpaired) electrons. The summed E-state index contributed by atoms with van der Waals surface area (Å²) in [5, 5.41) is 2.85. The number of anilines is 1. The summed E-state index contributed by atoms with van der Waals surface area (Å²) in [6.07, 6.45) is 2.81. The van der Waals surface area contributed by atoms with Gasteiger partial charge in [-0.3, -0.25) is 9.59 Å². The number of benzene rings is 2. The lowest BCUT2D eigenvalue weighted by Gasteiger charge is -2.18. The molecule has 2 aromatic carbocycles. The number of likely N-dealkylation sites (tertiary alicyclic amines) is 1. The molecule has 0 aliphatic carbocycles. The Morgan fingerprint density at radius 3 is 2.28 bits per heavy atom. The summed E-state index contributed by atoms with van der Waals surface area (Å²) >= 11 is 0. The first-order chi connectivity index (χ1) is 15.3. The Hall–Kier alpha value is -2.71. The highest BCUT2D eigenvalue weighted by molar-refractivity contribution is 7.89. The third-order valence-electron chi connectivity index (χ3n) is 5.69. The van der Waals surface area contributed by atoms with E-state index in [4.69, 9.17) is 0 Å². The molecule has 8 heteroatoms. The van der Waals surface area contributed by atoms with E-state index in [2.05, 4.69) is 5.32 Å². The van der Waals surface area contributed by atoms with E-state index < -0.39 is 10.0 Å². The van der Waals surface area contributed by atoms with Crippen molar-refractivity contribution in [1.82, 2.24) is 9.21 Å². The minimum absolute atomic E-state index is 0.00153. The minimum atomic E-state index is -3.48. The molecule has 0 aromatic heterocycles. The molecule has 1 saturated heterocycles. The van der Waals surface area contributed by atoms with Gasteiger partial charge < -0.3 is 10.2 Å². The number of sulfonamides is 1. The average molecular weight is 458 g/mol. The van der Waals surface area contributed by atoms with E-state index in [0.717, 1.165) is 31.5 Å². The number of carbonyl (C=O) groups excluding carboxylic acids is 2. The molecule has 172 valence electrons. The van der Waals surface area contributed by atoms with E-state index in [-0.39, 0.29) is 23.1 Å². The lowest BCUT2D eigenvalue weighted by Crippen LogP contribution is -2.30. The summed E-state index contributed by atoms with van der Waals surface area (Å²) in [7, 11) is -3.48. The fraction of sp³-hybridized carbons (Fsp3) is 0.417. The number of carbonyl (C=O) groups is 2. The first-order valence-corrected chi connectivity index (χ1v) is 12.6. The van der Waals surface area contributed by atoms with Gasteiger partial charge >= 0.3 is 0 Å². The van der Waals surface area contributed by atoms with Crippen LogP contribution in [0.25, 0.3) is 0 Å². The zero-order chi connectivity index (χ0) is 23.1. The number of hydrogen-bond donors (Lipinski definition) is 1. The highest BCUT2D eigenvalue weighted by atomic mass is 32.2. The van der Waals surface area contributed by atoms with Crippen molar-refractivity contribution < 1.29 is 18.0 Å². The van der Waals surface area contributed by atoms with Crippen LogP contribution in [0.2, 0.25) is 0 Å². The second-order valence-corrected chi connectivity index (χ2v) is 9.80. The third-order valence-corrected chi connectivity index (χ3v) is 7.76. The Balaban J connectivity index is 1.56. The van der Waals surface area contributed by atoms with Crippen LogP contribution in [0.3, 0.4) is 0 Å². The van der Waals surface area contributed by atoms with E-state index in [1.54, 1.807) is 48.5 Å². The second kappa shape index (κ2) is 10.7. The first kappa shape index (κ1) is 23.9. The molecule has 1 heterocycles. The molecule has 0 spiro atoms. The largest absolute Gasteiger partial charge is 0.339 e. The van der Waals surface area contributed by atoms with Crippen molar-refractivity contribution in [2.75, 3.05) is 31.5 Å². The number of amides is 2. The van der Waals surface area contributed by atoms with Crippen LogP contribution in [0.15, 0.2) is 53.4 Å². The van der Waals surface area contributed by atoms with Crippen molar-refractivity contribution in [2.24, 2.45) is 0 Å². The number of nitrogens with zero attached hydrogens (tertiary/aromatic N) is 2. The van der Waals surface area contributed by atoms with Gasteiger partial charge in [0.1, 0.15) is 0 Å². The van der Waals surface area contributed by atoms with Crippen molar-refractivity contribution in [2.45, 2.75) is 44.4 Å². The number of rotatable bonds is 9. The highest BCUT2D eigenvalue weighted by Gasteiger charge is 2.21. The van der Waals surface area contributed by atoms with Crippen molar-refractivity contribution in [3.8, 4) is 0 Å². The van der Waals surface area contributed by atoms with Crippen LogP contribution >= 0.6 is 0 Å². The lowest BCUT2D eigenvalue weighted by molar-refractivity contribution is -0.116. The molecule has 7 nitrogen and oxygen atoms in total. The summed E-state index contributed by atoms with van der Waals surface area (Å²) in [6.45, 7) is 6.03. The molecule has 32 heavy (non-hydrogen) atoms. The van der Waals surface area contributed by atoms with Gasteiger partial charge in [-0.25, -0.2) is 8.42 Å². The number of hydrogen-bond acceptors (Lipinski definition) is 4. The highest BCUT2D eigenvalue weighted by Crippen LogP contribution is 2.18. The summed E-state index contributed by atoms with van der Waals surface area (Å²) in [5.74, 6) is -0.158. The van der Waals surface area contributed by atoms with Gasteiger partial charge in [-0.05, 0) is 55.2 Å². The molecule has 3 rings (SSSR count). The molecule has 1 aliphatic rings. The molecular weight excluding hydrogens is 426 g/mol. The van der Waals surface area contributed by atoms with Gasteiger partial charge in [0.25, 0.3) is 5.91 Å². The molecule has 0 saturated carbocycles. The van der Waals surface area contributed by atoms with Gasteiger partial charge in [0, 0.05) is 43.9 Å². The number of aryl methyl sites for hydroxylation is 1.